The molecule has 2 heterocycles. The molecule has 0 aliphatic carbocycles. The molecule has 16 rings (SSSR count). The number of rotatable bonds is 5. The van der Waals surface area contributed by atoms with E-state index in [0.717, 1.165) is 11.4 Å². The van der Waals surface area contributed by atoms with Crippen molar-refractivity contribution in [3.63, 3.8) is 0 Å². The molecule has 0 saturated heterocycles. The summed E-state index contributed by atoms with van der Waals surface area (Å²) in [6.45, 7) is -0.0940. The van der Waals surface area contributed by atoms with Crippen LogP contribution in [0.25, 0.3) is 98.0 Å². The van der Waals surface area contributed by atoms with Gasteiger partial charge in [0.25, 0.3) is 6.71 Å². The molecule has 3 heteroatoms. The number of fused-ring (bicyclic) bond motifs is 12. The van der Waals surface area contributed by atoms with Gasteiger partial charge in [0.15, 0.2) is 0 Å². The molecule has 0 spiro atoms. The third-order valence-corrected chi connectivity index (χ3v) is 16.3. The van der Waals surface area contributed by atoms with Crippen molar-refractivity contribution in [2.24, 2.45) is 0 Å². The highest BCUT2D eigenvalue weighted by Gasteiger charge is 2.44. The van der Waals surface area contributed by atoms with Crippen LogP contribution in [0.15, 0.2) is 273 Å². The molecule has 0 amide bonds. The molecule has 0 unspecified atom stereocenters. The molecule has 346 valence electrons. The Hall–Kier alpha value is -9.70. The molecular weight excluding hydrogens is 904 g/mol. The van der Waals surface area contributed by atoms with Gasteiger partial charge in [-0.25, -0.2) is 0 Å². The second kappa shape index (κ2) is 16.4. The normalized spacial score (nSPS) is 12.7. The molecule has 0 atom stereocenters. The summed E-state index contributed by atoms with van der Waals surface area (Å²) in [6, 6.07) is 102. The van der Waals surface area contributed by atoms with E-state index < -0.39 is 0 Å². The van der Waals surface area contributed by atoms with Crippen LogP contribution >= 0.6 is 0 Å². The highest BCUT2D eigenvalue weighted by molar-refractivity contribution is 7.00. The van der Waals surface area contributed by atoms with Crippen molar-refractivity contribution < 1.29 is 0 Å². The first-order chi connectivity index (χ1) is 37.1. The van der Waals surface area contributed by atoms with Crippen LogP contribution < -0.4 is 26.2 Å². The van der Waals surface area contributed by atoms with E-state index in [4.69, 9.17) is 0 Å². The van der Waals surface area contributed by atoms with Crippen molar-refractivity contribution in [3.05, 3.63) is 273 Å². The zero-order valence-corrected chi connectivity index (χ0v) is 41.0. The summed E-state index contributed by atoms with van der Waals surface area (Å²) in [5, 5.41) is 15.0. The molecule has 0 radical (unpaired) electrons. The molecule has 0 N–H and O–H groups in total. The third-order valence-electron chi connectivity index (χ3n) is 16.3. The first-order valence-electron chi connectivity index (χ1n) is 26.1. The fourth-order valence-electron chi connectivity index (χ4n) is 12.7. The van der Waals surface area contributed by atoms with Crippen LogP contribution in [0.3, 0.4) is 0 Å². The Morgan fingerprint density at radius 2 is 0.600 bits per heavy atom. The maximum atomic E-state index is 2.57. The van der Waals surface area contributed by atoms with E-state index in [1.165, 1.54) is 137 Å². The zero-order chi connectivity index (χ0) is 49.1. The van der Waals surface area contributed by atoms with Gasteiger partial charge in [-0.15, -0.1) is 0 Å². The molecule has 0 saturated carbocycles. The standard InChI is InChI=1S/C72H45BN2/c1-3-13-46(14-4-1)48-29-33-60(34-30-48)74-68-40-56-27-23-50-17-9-11-21-62(50)64(56)44-66(68)73-67-45-65-57(28-24-51-18-10-12-22-63(51)65)41-69(67)75(61-35-31-49(32-36-61)47-15-5-2-6-16-47)71-43-59(42-70(74)72(71)73)55-26-25-54-37-52-19-7-8-20-53(52)38-58(54)39-55/h1-45H. The molecule has 0 aromatic heterocycles. The molecule has 2 aliphatic rings. The summed E-state index contributed by atoms with van der Waals surface area (Å²) < 4.78 is 0. The van der Waals surface area contributed by atoms with Gasteiger partial charge < -0.3 is 9.80 Å². The average molecular weight is 949 g/mol. The summed E-state index contributed by atoms with van der Waals surface area (Å²) in [6.07, 6.45) is 0. The van der Waals surface area contributed by atoms with Gasteiger partial charge in [-0.2, -0.15) is 0 Å². The summed E-state index contributed by atoms with van der Waals surface area (Å²) in [7, 11) is 0. The largest absolute Gasteiger partial charge is 0.311 e. The number of anilines is 6. The van der Waals surface area contributed by atoms with E-state index >= 15 is 0 Å². The quantitative estimate of drug-likeness (QED) is 0.0964. The molecule has 0 bridgehead atoms. The van der Waals surface area contributed by atoms with E-state index in [0.29, 0.717) is 0 Å². The summed E-state index contributed by atoms with van der Waals surface area (Å²) in [4.78, 5) is 5.15. The van der Waals surface area contributed by atoms with E-state index in [-0.39, 0.29) is 6.71 Å². The van der Waals surface area contributed by atoms with Crippen molar-refractivity contribution in [1.29, 1.82) is 0 Å². The van der Waals surface area contributed by atoms with Gasteiger partial charge in [0.2, 0.25) is 0 Å². The van der Waals surface area contributed by atoms with Gasteiger partial charge in [-0.1, -0.05) is 206 Å². The molecule has 2 nitrogen and oxygen atoms in total. The summed E-state index contributed by atoms with van der Waals surface area (Å²) in [5.74, 6) is 0. The minimum absolute atomic E-state index is 0.0940. The van der Waals surface area contributed by atoms with E-state index in [1.54, 1.807) is 0 Å². The SMILES string of the molecule is c1ccc(-c2ccc(N3c4cc5ccc6ccccc6c5cc4B4c5cc6c(ccc7ccccc76)cc5N(c5ccc(-c6ccccc6)cc5)c5cc(-c6ccc7cc8ccccc8cc7c6)cc3c54)cc2)cc1. The number of nitrogens with zero attached hydrogens (tertiary/aromatic N) is 2. The topological polar surface area (TPSA) is 6.48 Å². The van der Waals surface area contributed by atoms with Crippen LogP contribution in [0.5, 0.6) is 0 Å². The predicted molar refractivity (Wildman–Crippen MR) is 322 cm³/mol. The fourth-order valence-corrected chi connectivity index (χ4v) is 12.7. The van der Waals surface area contributed by atoms with Gasteiger partial charge >= 0.3 is 0 Å². The Balaban J connectivity index is 1.03. The van der Waals surface area contributed by atoms with Gasteiger partial charge in [0, 0.05) is 34.1 Å². The van der Waals surface area contributed by atoms with Crippen molar-refractivity contribution in [2.75, 3.05) is 9.80 Å². The fraction of sp³-hybridized carbons (Fsp3) is 0. The Morgan fingerprint density at radius 1 is 0.213 bits per heavy atom. The average Bonchev–Trinajstić information content (AvgIpc) is 3.51. The minimum Gasteiger partial charge on any atom is -0.311 e. The number of hydrogen-bond donors (Lipinski definition) is 0. The van der Waals surface area contributed by atoms with Gasteiger partial charge in [-0.05, 0) is 181 Å². The number of hydrogen-bond acceptors (Lipinski definition) is 2. The van der Waals surface area contributed by atoms with Crippen molar-refractivity contribution in [3.8, 4) is 33.4 Å². The Morgan fingerprint density at radius 3 is 1.11 bits per heavy atom. The van der Waals surface area contributed by atoms with Crippen LogP contribution in [0.1, 0.15) is 0 Å². The lowest BCUT2D eigenvalue weighted by Gasteiger charge is -2.45. The number of benzene rings is 14. The van der Waals surface area contributed by atoms with Crippen LogP contribution in [0, 0.1) is 0 Å². The van der Waals surface area contributed by atoms with E-state index in [1.807, 2.05) is 0 Å². The second-order valence-corrected chi connectivity index (χ2v) is 20.5. The highest BCUT2D eigenvalue weighted by atomic mass is 15.2. The minimum atomic E-state index is -0.0940. The Labute approximate surface area is 435 Å². The first-order valence-corrected chi connectivity index (χ1v) is 26.1. The van der Waals surface area contributed by atoms with E-state index in [2.05, 4.69) is 283 Å². The van der Waals surface area contributed by atoms with Crippen molar-refractivity contribution in [2.45, 2.75) is 0 Å². The Bertz CT molecular complexity index is 4410. The lowest BCUT2D eigenvalue weighted by atomic mass is 9.33. The van der Waals surface area contributed by atoms with Crippen molar-refractivity contribution >= 4 is 122 Å². The lowest BCUT2D eigenvalue weighted by Crippen LogP contribution is -2.61. The smallest absolute Gasteiger partial charge is 0.252 e. The van der Waals surface area contributed by atoms with Crippen LogP contribution in [0.2, 0.25) is 0 Å². The van der Waals surface area contributed by atoms with E-state index in [9.17, 15) is 0 Å². The van der Waals surface area contributed by atoms with Crippen LogP contribution in [-0.2, 0) is 0 Å². The summed E-state index contributed by atoms with van der Waals surface area (Å²) >= 11 is 0. The molecule has 75 heavy (non-hydrogen) atoms. The van der Waals surface area contributed by atoms with Gasteiger partial charge in [0.05, 0.1) is 0 Å². The molecule has 14 aromatic rings. The van der Waals surface area contributed by atoms with Gasteiger partial charge in [0.1, 0.15) is 0 Å². The highest BCUT2D eigenvalue weighted by Crippen LogP contribution is 2.48. The predicted octanol–water partition coefficient (Wildman–Crippen LogP) is 17.7. The maximum Gasteiger partial charge on any atom is 0.252 e. The van der Waals surface area contributed by atoms with Crippen LogP contribution in [0.4, 0.5) is 34.1 Å². The van der Waals surface area contributed by atoms with Gasteiger partial charge in [-0.3, -0.25) is 0 Å². The molecular formula is C72H45BN2. The lowest BCUT2D eigenvalue weighted by molar-refractivity contribution is 1.26. The third kappa shape index (κ3) is 6.61. The maximum absolute atomic E-state index is 2.57. The molecule has 2 aliphatic heterocycles. The molecule has 14 aromatic carbocycles. The molecule has 0 fully saturated rings. The van der Waals surface area contributed by atoms with Crippen molar-refractivity contribution in [1.82, 2.24) is 0 Å². The zero-order valence-electron chi connectivity index (χ0n) is 41.0. The monoisotopic (exact) mass is 948 g/mol. The summed E-state index contributed by atoms with van der Waals surface area (Å²) in [5.41, 5.74) is 18.0. The Kier molecular flexibility index (Phi) is 9.16. The van der Waals surface area contributed by atoms with Crippen LogP contribution in [-0.4, -0.2) is 6.71 Å². The first kappa shape index (κ1) is 41.9. The second-order valence-electron chi connectivity index (χ2n) is 20.5.